The van der Waals surface area contributed by atoms with Gasteiger partial charge in [-0.3, -0.25) is 20.2 Å². The lowest BCUT2D eigenvalue weighted by Crippen LogP contribution is -2.27. The number of rotatable bonds is 4. The lowest BCUT2D eigenvalue weighted by atomic mass is 9.99. The first-order chi connectivity index (χ1) is 12.8. The summed E-state index contributed by atoms with van der Waals surface area (Å²) in [6.07, 6.45) is 0.940. The molecule has 10 nitrogen and oxygen atoms in total. The largest absolute Gasteiger partial charge is 0.323 e. The number of carbonyl (C=O) groups is 1. The number of hydrogen-bond acceptors (Lipinski definition) is 6. The van der Waals surface area contributed by atoms with Gasteiger partial charge in [-0.05, 0) is 36.7 Å². The van der Waals surface area contributed by atoms with E-state index in [0.717, 1.165) is 43.3 Å². The van der Waals surface area contributed by atoms with Gasteiger partial charge in [-0.2, -0.15) is 0 Å². The van der Waals surface area contributed by atoms with E-state index in [9.17, 15) is 25.0 Å². The molecular weight excluding hydrogens is 354 g/mol. The zero-order chi connectivity index (χ0) is 19.6. The molecular formula is C17H17N5O5. The van der Waals surface area contributed by atoms with Crippen molar-refractivity contribution in [2.75, 3.05) is 24.2 Å². The molecule has 0 spiro atoms. The molecule has 0 unspecified atom stereocenters. The van der Waals surface area contributed by atoms with Gasteiger partial charge in [-0.15, -0.1) is 0 Å². The molecule has 27 heavy (non-hydrogen) atoms. The number of fused-ring (bicyclic) bond motifs is 1. The van der Waals surface area contributed by atoms with E-state index in [1.54, 1.807) is 6.07 Å². The highest BCUT2D eigenvalue weighted by molar-refractivity contribution is 6.00. The molecule has 2 amide bonds. The van der Waals surface area contributed by atoms with Gasteiger partial charge in [0.15, 0.2) is 0 Å². The number of nitro benzene ring substituents is 2. The number of benzene rings is 2. The van der Waals surface area contributed by atoms with Gasteiger partial charge >= 0.3 is 6.03 Å². The summed E-state index contributed by atoms with van der Waals surface area (Å²) in [6.45, 7) is 1.76. The predicted octanol–water partition coefficient (Wildman–Crippen LogP) is 3.13. The topological polar surface area (TPSA) is 131 Å². The maximum atomic E-state index is 12.2. The normalized spacial score (nSPS) is 13.5. The second kappa shape index (κ2) is 7.38. The Hall–Kier alpha value is -3.53. The van der Waals surface area contributed by atoms with Crippen LogP contribution < -0.4 is 10.6 Å². The Balaban J connectivity index is 1.75. The highest BCUT2D eigenvalue weighted by Crippen LogP contribution is 2.26. The van der Waals surface area contributed by atoms with E-state index in [2.05, 4.69) is 15.5 Å². The number of hydrogen-bond donors (Lipinski definition) is 2. The number of non-ortho nitro benzene ring substituents is 2. The molecule has 2 aromatic carbocycles. The number of nitrogens with zero attached hydrogens (tertiary/aromatic N) is 3. The average Bonchev–Trinajstić information content (AvgIpc) is 2.60. The Morgan fingerprint density at radius 1 is 0.963 bits per heavy atom. The summed E-state index contributed by atoms with van der Waals surface area (Å²) in [5.74, 6) is 0. The van der Waals surface area contributed by atoms with Crippen molar-refractivity contribution >= 4 is 28.8 Å². The van der Waals surface area contributed by atoms with Gasteiger partial charge in [0.2, 0.25) is 0 Å². The molecule has 0 radical (unpaired) electrons. The molecule has 1 heterocycles. The summed E-state index contributed by atoms with van der Waals surface area (Å²) in [6, 6.07) is 7.93. The Kier molecular flexibility index (Phi) is 4.99. The predicted molar refractivity (Wildman–Crippen MR) is 98.9 cm³/mol. The minimum Gasteiger partial charge on any atom is -0.308 e. The van der Waals surface area contributed by atoms with Crippen LogP contribution in [-0.4, -0.2) is 34.4 Å². The molecule has 140 valence electrons. The number of urea groups is 1. The Labute approximate surface area is 154 Å². The third kappa shape index (κ3) is 4.36. The lowest BCUT2D eigenvalue weighted by Gasteiger charge is -2.25. The molecule has 1 aliphatic rings. The van der Waals surface area contributed by atoms with Gasteiger partial charge in [0, 0.05) is 30.9 Å². The van der Waals surface area contributed by atoms with E-state index >= 15 is 0 Å². The minimum atomic E-state index is -0.754. The van der Waals surface area contributed by atoms with E-state index in [4.69, 9.17) is 0 Å². The van der Waals surface area contributed by atoms with Crippen LogP contribution in [0.25, 0.3) is 0 Å². The highest BCUT2D eigenvalue weighted by atomic mass is 16.6. The summed E-state index contributed by atoms with van der Waals surface area (Å²) in [7, 11) is 2.02. The molecule has 0 saturated heterocycles. The fraction of sp³-hybridized carbons (Fsp3) is 0.235. The fourth-order valence-electron chi connectivity index (χ4n) is 2.95. The second-order valence-corrected chi connectivity index (χ2v) is 6.30. The molecule has 3 rings (SSSR count). The summed E-state index contributed by atoms with van der Waals surface area (Å²) in [4.78, 5) is 34.7. The van der Waals surface area contributed by atoms with Crippen LogP contribution >= 0.6 is 0 Å². The van der Waals surface area contributed by atoms with Crippen molar-refractivity contribution in [2.45, 2.75) is 13.0 Å². The van der Waals surface area contributed by atoms with Crippen LogP contribution in [0, 0.1) is 20.2 Å². The molecule has 0 bridgehead atoms. The Morgan fingerprint density at radius 2 is 1.59 bits per heavy atom. The zero-order valence-electron chi connectivity index (χ0n) is 14.5. The fourth-order valence-corrected chi connectivity index (χ4v) is 2.95. The maximum Gasteiger partial charge on any atom is 0.323 e. The smallest absolute Gasteiger partial charge is 0.308 e. The number of amides is 2. The Bertz CT molecular complexity index is 898. The van der Waals surface area contributed by atoms with Crippen LogP contribution in [-0.2, 0) is 13.0 Å². The van der Waals surface area contributed by atoms with Crippen LogP contribution in [0.1, 0.15) is 11.1 Å². The van der Waals surface area contributed by atoms with E-state index < -0.39 is 27.3 Å². The third-order valence-corrected chi connectivity index (χ3v) is 4.25. The van der Waals surface area contributed by atoms with E-state index in [-0.39, 0.29) is 5.69 Å². The van der Waals surface area contributed by atoms with Crippen molar-refractivity contribution in [1.29, 1.82) is 0 Å². The van der Waals surface area contributed by atoms with Crippen molar-refractivity contribution in [2.24, 2.45) is 0 Å². The molecule has 2 aromatic rings. The number of likely N-dealkylation sites (N-methyl/N-ethyl adjacent to an activating group) is 1. The summed E-state index contributed by atoms with van der Waals surface area (Å²) in [5.41, 5.74) is 1.93. The van der Waals surface area contributed by atoms with Gasteiger partial charge in [-0.25, -0.2) is 4.79 Å². The van der Waals surface area contributed by atoms with Gasteiger partial charge < -0.3 is 15.5 Å². The molecule has 1 aliphatic heterocycles. The first-order valence-electron chi connectivity index (χ1n) is 8.14. The average molecular weight is 371 g/mol. The van der Waals surface area contributed by atoms with E-state index in [0.29, 0.717) is 5.69 Å². The number of nitro groups is 2. The number of anilines is 2. The summed E-state index contributed by atoms with van der Waals surface area (Å²) in [5, 5.41) is 26.9. The van der Waals surface area contributed by atoms with Gasteiger partial charge in [0.1, 0.15) is 0 Å². The summed E-state index contributed by atoms with van der Waals surface area (Å²) < 4.78 is 0. The van der Waals surface area contributed by atoms with Gasteiger partial charge in [-0.1, -0.05) is 6.07 Å². The molecule has 0 atom stereocenters. The van der Waals surface area contributed by atoms with Crippen molar-refractivity contribution < 1.29 is 14.6 Å². The van der Waals surface area contributed by atoms with E-state index in [1.165, 1.54) is 5.56 Å². The summed E-state index contributed by atoms with van der Waals surface area (Å²) >= 11 is 0. The second-order valence-electron chi connectivity index (χ2n) is 6.30. The minimum absolute atomic E-state index is 0.0360. The highest BCUT2D eigenvalue weighted by Gasteiger charge is 2.18. The molecule has 0 aromatic heterocycles. The Morgan fingerprint density at radius 3 is 2.22 bits per heavy atom. The lowest BCUT2D eigenvalue weighted by molar-refractivity contribution is -0.394. The first kappa shape index (κ1) is 18.3. The van der Waals surface area contributed by atoms with Crippen LogP contribution in [0.3, 0.4) is 0 Å². The molecule has 0 fully saturated rings. The van der Waals surface area contributed by atoms with Crippen molar-refractivity contribution in [3.05, 3.63) is 67.8 Å². The van der Waals surface area contributed by atoms with Crippen molar-refractivity contribution in [1.82, 2.24) is 4.90 Å². The number of carbonyl (C=O) groups excluding carboxylic acids is 1. The van der Waals surface area contributed by atoms with Gasteiger partial charge in [0.25, 0.3) is 11.4 Å². The molecule has 2 N–H and O–H groups in total. The monoisotopic (exact) mass is 371 g/mol. The van der Waals surface area contributed by atoms with Crippen LogP contribution in [0.5, 0.6) is 0 Å². The zero-order valence-corrected chi connectivity index (χ0v) is 14.5. The van der Waals surface area contributed by atoms with E-state index in [1.807, 2.05) is 19.2 Å². The number of nitrogens with one attached hydrogen (secondary N) is 2. The third-order valence-electron chi connectivity index (χ3n) is 4.25. The van der Waals surface area contributed by atoms with Crippen LogP contribution in [0.15, 0.2) is 36.4 Å². The van der Waals surface area contributed by atoms with Crippen molar-refractivity contribution in [3.8, 4) is 0 Å². The molecule has 0 aliphatic carbocycles. The van der Waals surface area contributed by atoms with Crippen molar-refractivity contribution in [3.63, 3.8) is 0 Å². The quantitative estimate of drug-likeness (QED) is 0.627. The molecule has 10 heteroatoms. The SMILES string of the molecule is CN1CCc2ccc(NC(=O)Nc3cc([N+](=O)[O-])cc([N+](=O)[O-])c3)cc2C1. The van der Waals surface area contributed by atoms with Gasteiger partial charge in [0.05, 0.1) is 21.6 Å². The van der Waals surface area contributed by atoms with Crippen LogP contribution in [0.4, 0.5) is 27.5 Å². The molecule has 0 saturated carbocycles. The standard InChI is InChI=1S/C17H17N5O5/c1-20-5-4-11-2-3-13(6-12(11)10-20)18-17(23)19-14-7-15(21(24)25)9-16(8-14)22(26)27/h2-3,6-9H,4-5,10H2,1H3,(H2,18,19,23). The maximum absolute atomic E-state index is 12.2. The van der Waals surface area contributed by atoms with Crippen LogP contribution in [0.2, 0.25) is 0 Å². The first-order valence-corrected chi connectivity index (χ1v) is 8.14.